The minimum atomic E-state index is -1.30. The maximum Gasteiger partial charge on any atom is 0.327 e. The molecular weight excluding hydrogens is 478 g/mol. The third-order valence-corrected chi connectivity index (χ3v) is 6.02. The molecule has 0 aromatic heterocycles. The van der Waals surface area contributed by atoms with E-state index in [1.165, 1.54) is 17.0 Å². The third kappa shape index (κ3) is 8.14. The number of carbonyl (C=O) groups excluding carboxylic acids is 4. The summed E-state index contributed by atoms with van der Waals surface area (Å²) in [6.45, 7) is 0.305. The number of aliphatic carboxylic acids is 1. The van der Waals surface area contributed by atoms with Crippen LogP contribution in [0.1, 0.15) is 31.2 Å². The molecule has 192 valence electrons. The van der Waals surface area contributed by atoms with Crippen LogP contribution < -0.4 is 22.1 Å². The number of nitrogens with zero attached hydrogens (tertiary/aromatic N) is 1. The second kappa shape index (κ2) is 13.0. The van der Waals surface area contributed by atoms with Crippen molar-refractivity contribution in [2.75, 3.05) is 12.3 Å². The number of carboxylic acids is 1. The van der Waals surface area contributed by atoms with Gasteiger partial charge in [-0.25, -0.2) is 4.79 Å². The molecule has 1 aromatic carbocycles. The number of phenolic OH excluding ortho intramolecular Hbond substituents is 1. The molecule has 1 fully saturated rings. The maximum atomic E-state index is 13.0. The van der Waals surface area contributed by atoms with E-state index in [-0.39, 0.29) is 30.8 Å². The number of nitrogens with one attached hydrogen (secondary N) is 2. The van der Waals surface area contributed by atoms with Crippen LogP contribution in [0.4, 0.5) is 0 Å². The minimum absolute atomic E-state index is 0.0869. The van der Waals surface area contributed by atoms with Crippen LogP contribution in [-0.2, 0) is 30.4 Å². The van der Waals surface area contributed by atoms with Crippen molar-refractivity contribution < 1.29 is 34.2 Å². The normalized spacial score (nSPS) is 17.8. The number of carboxylic acid groups (broad SMARTS) is 1. The molecule has 1 aromatic rings. The van der Waals surface area contributed by atoms with E-state index in [0.717, 1.165) is 5.56 Å². The molecule has 0 aliphatic carbocycles. The van der Waals surface area contributed by atoms with E-state index in [0.29, 0.717) is 19.4 Å². The van der Waals surface area contributed by atoms with Crippen LogP contribution in [0.3, 0.4) is 0 Å². The molecule has 4 unspecified atom stereocenters. The van der Waals surface area contributed by atoms with Crippen LogP contribution in [0, 0.1) is 0 Å². The molecule has 0 radical (unpaired) electrons. The number of likely N-dealkylation sites (tertiary alicyclic amines) is 1. The van der Waals surface area contributed by atoms with E-state index in [1.54, 1.807) is 12.1 Å². The van der Waals surface area contributed by atoms with Crippen molar-refractivity contribution in [2.45, 2.75) is 56.3 Å². The lowest BCUT2D eigenvalue weighted by atomic mass is 10.0. The van der Waals surface area contributed by atoms with Crippen LogP contribution in [0.2, 0.25) is 0 Å². The van der Waals surface area contributed by atoms with Crippen molar-refractivity contribution >= 4 is 42.2 Å². The molecule has 0 bridgehead atoms. The van der Waals surface area contributed by atoms with Crippen LogP contribution >= 0.6 is 12.6 Å². The number of carbonyl (C=O) groups is 5. The van der Waals surface area contributed by atoms with Crippen molar-refractivity contribution in [1.82, 2.24) is 15.5 Å². The van der Waals surface area contributed by atoms with Gasteiger partial charge in [-0.2, -0.15) is 12.6 Å². The van der Waals surface area contributed by atoms with Gasteiger partial charge in [0.05, 0.1) is 6.04 Å². The molecule has 4 amide bonds. The van der Waals surface area contributed by atoms with Crippen molar-refractivity contribution in [3.8, 4) is 5.75 Å². The molecule has 4 atom stereocenters. The van der Waals surface area contributed by atoms with Crippen molar-refractivity contribution in [2.24, 2.45) is 11.5 Å². The number of nitrogens with two attached hydrogens (primary N) is 2. The second-order valence-electron chi connectivity index (χ2n) is 8.31. The molecular formula is C22H31N5O7S. The first kappa shape index (κ1) is 27.9. The SMILES string of the molecule is NC(=O)CCC(NC(=O)C1CCCN1C(=O)C(N)Cc1ccc(O)cc1)C(=O)NC(CS)C(=O)O. The zero-order chi connectivity index (χ0) is 26.1. The molecule has 0 saturated carbocycles. The molecule has 12 nitrogen and oxygen atoms in total. The number of aromatic hydroxyl groups is 1. The number of hydrogen-bond acceptors (Lipinski definition) is 8. The Hall–Kier alpha value is -3.32. The number of phenols is 1. The summed E-state index contributed by atoms with van der Waals surface area (Å²) >= 11 is 3.89. The molecule has 1 aliphatic rings. The van der Waals surface area contributed by atoms with Crippen molar-refractivity contribution in [3.63, 3.8) is 0 Å². The number of amides is 4. The summed E-state index contributed by atoms with van der Waals surface area (Å²) < 4.78 is 0. The van der Waals surface area contributed by atoms with E-state index >= 15 is 0 Å². The van der Waals surface area contributed by atoms with Gasteiger partial charge < -0.3 is 37.2 Å². The summed E-state index contributed by atoms with van der Waals surface area (Å²) in [4.78, 5) is 62.5. The smallest absolute Gasteiger partial charge is 0.327 e. The fourth-order valence-corrected chi connectivity index (χ4v) is 4.02. The fourth-order valence-electron chi connectivity index (χ4n) is 3.77. The topological polar surface area (TPSA) is 205 Å². The standard InChI is InChI=1S/C22H31N5O7S/c23-14(10-12-3-5-13(28)6-4-12)21(32)27-9-1-2-17(27)20(31)25-15(7-8-18(24)29)19(30)26-16(11-35)22(33)34/h3-6,14-17,28,35H,1-2,7-11,23H2,(H2,24,29)(H,25,31)(H,26,30)(H,33,34). The van der Waals surface area contributed by atoms with Gasteiger partial charge in [0.2, 0.25) is 23.6 Å². The number of benzene rings is 1. The van der Waals surface area contributed by atoms with Gasteiger partial charge in [-0.05, 0) is 43.4 Å². The summed E-state index contributed by atoms with van der Waals surface area (Å²) in [7, 11) is 0. The molecule has 1 aliphatic heterocycles. The Morgan fingerprint density at radius 3 is 2.34 bits per heavy atom. The summed E-state index contributed by atoms with van der Waals surface area (Å²) in [5, 5.41) is 23.3. The summed E-state index contributed by atoms with van der Waals surface area (Å²) in [5.74, 6) is -3.95. The number of primary amides is 1. The van der Waals surface area contributed by atoms with E-state index in [9.17, 15) is 29.1 Å². The molecule has 35 heavy (non-hydrogen) atoms. The quantitative estimate of drug-likeness (QED) is 0.165. The average Bonchev–Trinajstić information content (AvgIpc) is 3.30. The predicted molar refractivity (Wildman–Crippen MR) is 128 cm³/mol. The Balaban J connectivity index is 2.08. The van der Waals surface area contributed by atoms with Crippen LogP contribution in [0.25, 0.3) is 0 Å². The Bertz CT molecular complexity index is 943. The first-order valence-electron chi connectivity index (χ1n) is 11.1. The van der Waals surface area contributed by atoms with E-state index in [4.69, 9.17) is 16.6 Å². The zero-order valence-corrected chi connectivity index (χ0v) is 19.9. The Morgan fingerprint density at radius 2 is 1.77 bits per heavy atom. The van der Waals surface area contributed by atoms with Gasteiger partial charge in [0, 0.05) is 18.7 Å². The van der Waals surface area contributed by atoms with Crippen LogP contribution in [0.5, 0.6) is 5.75 Å². The van der Waals surface area contributed by atoms with Gasteiger partial charge in [0.15, 0.2) is 0 Å². The first-order chi connectivity index (χ1) is 16.5. The minimum Gasteiger partial charge on any atom is -0.508 e. The Morgan fingerprint density at radius 1 is 1.11 bits per heavy atom. The lowest BCUT2D eigenvalue weighted by Crippen LogP contribution is -2.57. The van der Waals surface area contributed by atoms with Gasteiger partial charge in [-0.15, -0.1) is 0 Å². The molecule has 1 heterocycles. The zero-order valence-electron chi connectivity index (χ0n) is 19.1. The highest BCUT2D eigenvalue weighted by molar-refractivity contribution is 7.80. The third-order valence-electron chi connectivity index (χ3n) is 5.66. The lowest BCUT2D eigenvalue weighted by molar-refractivity contribution is -0.142. The van der Waals surface area contributed by atoms with Gasteiger partial charge in [0.1, 0.15) is 23.9 Å². The summed E-state index contributed by atoms with van der Waals surface area (Å²) in [6, 6.07) is 1.94. The van der Waals surface area contributed by atoms with Crippen molar-refractivity contribution in [3.05, 3.63) is 29.8 Å². The number of thiol groups is 1. The lowest BCUT2D eigenvalue weighted by Gasteiger charge is -2.28. The van der Waals surface area contributed by atoms with Gasteiger partial charge in [-0.1, -0.05) is 12.1 Å². The fraction of sp³-hybridized carbons (Fsp3) is 0.500. The van der Waals surface area contributed by atoms with Crippen LogP contribution in [-0.4, -0.2) is 81.2 Å². The molecule has 8 N–H and O–H groups in total. The van der Waals surface area contributed by atoms with E-state index < -0.39 is 53.8 Å². The van der Waals surface area contributed by atoms with Gasteiger partial charge >= 0.3 is 5.97 Å². The predicted octanol–water partition coefficient (Wildman–Crippen LogP) is -1.50. The van der Waals surface area contributed by atoms with Crippen LogP contribution in [0.15, 0.2) is 24.3 Å². The first-order valence-corrected chi connectivity index (χ1v) is 11.7. The highest BCUT2D eigenvalue weighted by atomic mass is 32.1. The molecule has 2 rings (SSSR count). The molecule has 1 saturated heterocycles. The van der Waals surface area contributed by atoms with E-state index in [2.05, 4.69) is 23.3 Å². The second-order valence-corrected chi connectivity index (χ2v) is 8.68. The van der Waals surface area contributed by atoms with Gasteiger partial charge in [0.25, 0.3) is 0 Å². The Kier molecular flexibility index (Phi) is 10.3. The average molecular weight is 510 g/mol. The molecule has 13 heteroatoms. The highest BCUT2D eigenvalue weighted by Crippen LogP contribution is 2.20. The van der Waals surface area contributed by atoms with Gasteiger partial charge in [-0.3, -0.25) is 19.2 Å². The molecule has 0 spiro atoms. The van der Waals surface area contributed by atoms with Crippen molar-refractivity contribution in [1.29, 1.82) is 0 Å². The summed E-state index contributed by atoms with van der Waals surface area (Å²) in [6.07, 6.45) is 0.735. The number of hydrogen-bond donors (Lipinski definition) is 7. The Labute approximate surface area is 207 Å². The summed E-state index contributed by atoms with van der Waals surface area (Å²) in [5.41, 5.74) is 12.0. The monoisotopic (exact) mass is 509 g/mol. The number of rotatable bonds is 12. The highest BCUT2D eigenvalue weighted by Gasteiger charge is 2.38. The van der Waals surface area contributed by atoms with E-state index in [1.807, 2.05) is 0 Å². The maximum absolute atomic E-state index is 13.0. The largest absolute Gasteiger partial charge is 0.508 e.